The number of benzene rings is 2. The van der Waals surface area contributed by atoms with Gasteiger partial charge in [0.15, 0.2) is 5.13 Å². The molecule has 0 aliphatic heterocycles. The zero-order chi connectivity index (χ0) is 16.4. The fourth-order valence-corrected chi connectivity index (χ4v) is 4.18. The maximum atomic E-state index is 12.4. The van der Waals surface area contributed by atoms with Crippen LogP contribution >= 0.6 is 11.3 Å². The number of ether oxygens (including phenoxy) is 2. The summed E-state index contributed by atoms with van der Waals surface area (Å²) < 4.78 is 38.4. The molecule has 8 heteroatoms. The molecule has 120 valence electrons. The summed E-state index contributed by atoms with van der Waals surface area (Å²) in [6.45, 7) is 0. The average molecular weight is 350 g/mol. The lowest BCUT2D eigenvalue weighted by Crippen LogP contribution is -2.12. The molecular formula is C15H14N2O4S2. The third-order valence-electron chi connectivity index (χ3n) is 3.19. The Morgan fingerprint density at radius 2 is 1.78 bits per heavy atom. The van der Waals surface area contributed by atoms with Crippen LogP contribution in [0.4, 0.5) is 5.13 Å². The molecule has 3 aromatic rings. The van der Waals surface area contributed by atoms with Crippen molar-refractivity contribution in [3.8, 4) is 11.5 Å². The van der Waals surface area contributed by atoms with Crippen molar-refractivity contribution in [1.29, 1.82) is 0 Å². The van der Waals surface area contributed by atoms with E-state index >= 15 is 0 Å². The van der Waals surface area contributed by atoms with Gasteiger partial charge in [0.05, 0.1) is 23.8 Å². The first-order valence-electron chi connectivity index (χ1n) is 6.64. The molecule has 0 atom stereocenters. The maximum Gasteiger partial charge on any atom is 0.263 e. The molecule has 0 saturated heterocycles. The Morgan fingerprint density at radius 3 is 2.43 bits per heavy atom. The predicted molar refractivity (Wildman–Crippen MR) is 90.0 cm³/mol. The van der Waals surface area contributed by atoms with Gasteiger partial charge in [0, 0.05) is 0 Å². The third-order valence-corrected chi connectivity index (χ3v) is 5.61. The minimum atomic E-state index is -3.70. The summed E-state index contributed by atoms with van der Waals surface area (Å²) in [6, 6.07) is 11.6. The molecular weight excluding hydrogens is 336 g/mol. The van der Waals surface area contributed by atoms with Crippen molar-refractivity contribution in [1.82, 2.24) is 4.98 Å². The fraction of sp³-hybridized carbons (Fsp3) is 0.133. The maximum absolute atomic E-state index is 12.4. The molecule has 0 saturated carbocycles. The minimum Gasteiger partial charge on any atom is -0.497 e. The Bertz CT molecular complexity index is 934. The van der Waals surface area contributed by atoms with Crippen LogP contribution in [-0.2, 0) is 10.0 Å². The molecule has 0 bridgehead atoms. The molecule has 0 spiro atoms. The van der Waals surface area contributed by atoms with Crippen LogP contribution in [0.25, 0.3) is 10.2 Å². The summed E-state index contributed by atoms with van der Waals surface area (Å²) >= 11 is 1.25. The summed E-state index contributed by atoms with van der Waals surface area (Å²) in [6.07, 6.45) is 0. The molecule has 0 amide bonds. The number of fused-ring (bicyclic) bond motifs is 1. The van der Waals surface area contributed by atoms with E-state index in [1.807, 2.05) is 12.1 Å². The molecule has 6 nitrogen and oxygen atoms in total. The smallest absolute Gasteiger partial charge is 0.263 e. The largest absolute Gasteiger partial charge is 0.497 e. The van der Waals surface area contributed by atoms with Crippen molar-refractivity contribution in [3.05, 3.63) is 42.5 Å². The highest BCUT2D eigenvalue weighted by Crippen LogP contribution is 2.33. The number of anilines is 1. The molecule has 2 aromatic carbocycles. The van der Waals surface area contributed by atoms with Crippen molar-refractivity contribution in [2.24, 2.45) is 0 Å². The predicted octanol–water partition coefficient (Wildman–Crippen LogP) is 3.11. The van der Waals surface area contributed by atoms with E-state index in [1.54, 1.807) is 25.3 Å². The van der Waals surface area contributed by atoms with Crippen molar-refractivity contribution >= 4 is 36.7 Å². The summed E-state index contributed by atoms with van der Waals surface area (Å²) in [5, 5.41) is 0.292. The van der Waals surface area contributed by atoms with Gasteiger partial charge in [-0.2, -0.15) is 0 Å². The molecule has 23 heavy (non-hydrogen) atoms. The summed E-state index contributed by atoms with van der Waals surface area (Å²) in [7, 11) is -0.629. The number of hydrogen-bond acceptors (Lipinski definition) is 6. The van der Waals surface area contributed by atoms with Crippen molar-refractivity contribution in [3.63, 3.8) is 0 Å². The molecule has 1 N–H and O–H groups in total. The van der Waals surface area contributed by atoms with Crippen molar-refractivity contribution < 1.29 is 17.9 Å². The van der Waals surface area contributed by atoms with Gasteiger partial charge in [-0.1, -0.05) is 17.4 Å². The Hall–Kier alpha value is -2.32. The molecule has 1 aromatic heterocycles. The van der Waals surface area contributed by atoms with E-state index in [2.05, 4.69) is 9.71 Å². The Morgan fingerprint density at radius 1 is 1.04 bits per heavy atom. The highest BCUT2D eigenvalue weighted by Gasteiger charge is 2.17. The first-order valence-corrected chi connectivity index (χ1v) is 8.94. The van der Waals surface area contributed by atoms with Crippen LogP contribution in [0.3, 0.4) is 0 Å². The van der Waals surface area contributed by atoms with Gasteiger partial charge < -0.3 is 9.47 Å². The van der Waals surface area contributed by atoms with Gasteiger partial charge in [-0.3, -0.25) is 4.72 Å². The molecule has 0 aliphatic rings. The third kappa shape index (κ3) is 3.08. The molecule has 0 fully saturated rings. The number of para-hydroxylation sites is 1. The molecule has 1 heterocycles. The van der Waals surface area contributed by atoms with Gasteiger partial charge in [0.2, 0.25) is 0 Å². The number of rotatable bonds is 5. The van der Waals surface area contributed by atoms with Crippen LogP contribution in [0.1, 0.15) is 0 Å². The molecule has 0 aliphatic carbocycles. The van der Waals surface area contributed by atoms with E-state index < -0.39 is 10.0 Å². The van der Waals surface area contributed by atoms with Crippen molar-refractivity contribution in [2.45, 2.75) is 4.90 Å². The summed E-state index contributed by atoms with van der Waals surface area (Å²) in [4.78, 5) is 4.45. The standard InChI is InChI=1S/C15H14N2O4S2/c1-20-10-6-8-11(9-7-10)23(18,19)17-15-16-14-12(21-2)4-3-5-13(14)22-15/h3-9H,1-2H3,(H,16,17). The zero-order valence-electron chi connectivity index (χ0n) is 12.4. The first-order chi connectivity index (χ1) is 11.0. The van der Waals surface area contributed by atoms with Crippen LogP contribution in [0, 0.1) is 0 Å². The number of methoxy groups -OCH3 is 2. The van der Waals surface area contributed by atoms with E-state index in [1.165, 1.54) is 30.6 Å². The number of aromatic nitrogens is 1. The number of nitrogens with one attached hydrogen (secondary N) is 1. The number of nitrogens with zero attached hydrogens (tertiary/aromatic N) is 1. The van der Waals surface area contributed by atoms with Gasteiger partial charge in [0.25, 0.3) is 10.0 Å². The Labute approximate surface area is 137 Å². The average Bonchev–Trinajstić information content (AvgIpc) is 2.96. The van der Waals surface area contributed by atoms with Gasteiger partial charge in [-0.25, -0.2) is 13.4 Å². The molecule has 3 rings (SSSR count). The van der Waals surface area contributed by atoms with Crippen LogP contribution in [-0.4, -0.2) is 27.6 Å². The van der Waals surface area contributed by atoms with E-state index in [0.29, 0.717) is 22.1 Å². The SMILES string of the molecule is COc1ccc(S(=O)(=O)Nc2nc3c(OC)cccc3s2)cc1. The van der Waals surface area contributed by atoms with Gasteiger partial charge in [-0.15, -0.1) is 0 Å². The van der Waals surface area contributed by atoms with E-state index in [9.17, 15) is 8.42 Å². The van der Waals surface area contributed by atoms with Crippen LogP contribution in [0.15, 0.2) is 47.4 Å². The van der Waals surface area contributed by atoms with Crippen LogP contribution < -0.4 is 14.2 Å². The van der Waals surface area contributed by atoms with E-state index in [0.717, 1.165) is 4.70 Å². The Kier molecular flexibility index (Phi) is 4.10. The van der Waals surface area contributed by atoms with Crippen molar-refractivity contribution in [2.75, 3.05) is 18.9 Å². The fourth-order valence-electron chi connectivity index (χ4n) is 2.06. The second kappa shape index (κ2) is 6.05. The molecule has 0 radical (unpaired) electrons. The topological polar surface area (TPSA) is 77.5 Å². The van der Waals surface area contributed by atoms with E-state index in [-0.39, 0.29) is 4.90 Å². The lowest BCUT2D eigenvalue weighted by atomic mass is 10.3. The number of hydrogen-bond donors (Lipinski definition) is 1. The monoisotopic (exact) mass is 350 g/mol. The summed E-state index contributed by atoms with van der Waals surface area (Å²) in [5.74, 6) is 1.20. The lowest BCUT2D eigenvalue weighted by molar-refractivity contribution is 0.414. The van der Waals surface area contributed by atoms with Crippen LogP contribution in [0.5, 0.6) is 11.5 Å². The minimum absolute atomic E-state index is 0.143. The highest BCUT2D eigenvalue weighted by atomic mass is 32.2. The van der Waals surface area contributed by atoms with E-state index in [4.69, 9.17) is 9.47 Å². The normalized spacial score (nSPS) is 11.4. The van der Waals surface area contributed by atoms with Crippen LogP contribution in [0.2, 0.25) is 0 Å². The summed E-state index contributed by atoms with van der Waals surface area (Å²) in [5.41, 5.74) is 0.632. The lowest BCUT2D eigenvalue weighted by Gasteiger charge is -2.05. The van der Waals surface area contributed by atoms with Gasteiger partial charge in [-0.05, 0) is 36.4 Å². The highest BCUT2D eigenvalue weighted by molar-refractivity contribution is 7.93. The quantitative estimate of drug-likeness (QED) is 0.765. The number of sulfonamides is 1. The zero-order valence-corrected chi connectivity index (χ0v) is 14.1. The second-order valence-electron chi connectivity index (χ2n) is 4.61. The molecule has 0 unspecified atom stereocenters. The Balaban J connectivity index is 1.93. The van der Waals surface area contributed by atoms with Gasteiger partial charge >= 0.3 is 0 Å². The number of thiazole rings is 1. The first kappa shape index (κ1) is 15.6. The van der Waals surface area contributed by atoms with Gasteiger partial charge in [0.1, 0.15) is 17.0 Å². The second-order valence-corrected chi connectivity index (χ2v) is 7.32.